The first-order valence-electron chi connectivity index (χ1n) is 9.45. The molecule has 2 unspecified atom stereocenters. The van der Waals surface area contributed by atoms with Crippen molar-refractivity contribution in [1.29, 1.82) is 0 Å². The third-order valence-electron chi connectivity index (χ3n) is 4.11. The first-order valence-corrected chi connectivity index (χ1v) is 9.45. The van der Waals surface area contributed by atoms with Crippen LogP contribution in [0, 0.1) is 10.8 Å². The molecule has 0 aromatic carbocycles. The minimum atomic E-state index is -0.634. The molecule has 0 bridgehead atoms. The summed E-state index contributed by atoms with van der Waals surface area (Å²) >= 11 is 0. The minimum absolute atomic E-state index is 0.00750. The molecule has 1 saturated carbocycles. The SMILES string of the molecule is CC(N=C=O)N=C=O.CC1(C)CC(N=C=O)CC(C)(CN=C=O)C1.O=C=NCCN=C=O. The molecule has 172 valence electrons. The van der Waals surface area contributed by atoms with Gasteiger partial charge in [0.15, 0.2) is 6.17 Å². The molecule has 1 aliphatic rings. The van der Waals surface area contributed by atoms with Gasteiger partial charge in [-0.3, -0.25) is 0 Å². The van der Waals surface area contributed by atoms with E-state index in [1.165, 1.54) is 31.2 Å². The highest BCUT2D eigenvalue weighted by molar-refractivity contribution is 5.36. The molecule has 32 heavy (non-hydrogen) atoms. The lowest BCUT2D eigenvalue weighted by Crippen LogP contribution is -2.39. The van der Waals surface area contributed by atoms with Crippen LogP contribution in [-0.4, -0.2) is 68.3 Å². The van der Waals surface area contributed by atoms with Gasteiger partial charge in [0.1, 0.15) is 0 Å². The van der Waals surface area contributed by atoms with Crippen molar-refractivity contribution >= 4 is 36.5 Å². The lowest BCUT2D eigenvalue weighted by Gasteiger charge is -2.44. The molecule has 0 saturated heterocycles. The molecular formula is C20H26N6O6. The van der Waals surface area contributed by atoms with Crippen LogP contribution in [-0.2, 0) is 28.8 Å². The third kappa shape index (κ3) is 17.2. The van der Waals surface area contributed by atoms with Gasteiger partial charge in [-0.25, -0.2) is 48.7 Å². The van der Waals surface area contributed by atoms with Crippen molar-refractivity contribution < 1.29 is 28.8 Å². The van der Waals surface area contributed by atoms with Gasteiger partial charge in [-0.2, -0.15) is 9.98 Å². The van der Waals surface area contributed by atoms with E-state index in [4.69, 9.17) is 0 Å². The number of hydrogen-bond donors (Lipinski definition) is 0. The molecule has 1 rings (SSSR count). The second-order valence-corrected chi connectivity index (χ2v) is 7.86. The number of nitrogens with zero attached hydrogens (tertiary/aromatic N) is 6. The summed E-state index contributed by atoms with van der Waals surface area (Å²) in [5.41, 5.74) is 0.0561. The second kappa shape index (κ2) is 18.1. The molecule has 0 heterocycles. The van der Waals surface area contributed by atoms with Gasteiger partial charge in [0, 0.05) is 0 Å². The molecule has 0 aromatic heterocycles. The quantitative estimate of drug-likeness (QED) is 0.312. The molecule has 0 radical (unpaired) electrons. The van der Waals surface area contributed by atoms with Crippen molar-refractivity contribution in [2.45, 2.75) is 59.2 Å². The van der Waals surface area contributed by atoms with Gasteiger partial charge in [0.25, 0.3) is 0 Å². The Labute approximate surface area is 185 Å². The fraction of sp³-hybridized carbons (Fsp3) is 0.700. The molecule has 12 nitrogen and oxygen atoms in total. The van der Waals surface area contributed by atoms with E-state index in [0.717, 1.165) is 19.3 Å². The maximum absolute atomic E-state index is 10.3. The number of rotatable bonds is 8. The van der Waals surface area contributed by atoms with Crippen molar-refractivity contribution in [1.82, 2.24) is 0 Å². The maximum atomic E-state index is 10.3. The van der Waals surface area contributed by atoms with E-state index in [2.05, 4.69) is 50.7 Å². The van der Waals surface area contributed by atoms with E-state index in [9.17, 15) is 28.8 Å². The van der Waals surface area contributed by atoms with E-state index >= 15 is 0 Å². The fourth-order valence-electron chi connectivity index (χ4n) is 3.46. The summed E-state index contributed by atoms with van der Waals surface area (Å²) in [6.07, 6.45) is 10.4. The summed E-state index contributed by atoms with van der Waals surface area (Å²) < 4.78 is 0. The first-order chi connectivity index (χ1) is 15.1. The lowest BCUT2D eigenvalue weighted by atomic mass is 9.63. The highest BCUT2D eigenvalue weighted by Crippen LogP contribution is 2.47. The molecule has 1 fully saturated rings. The van der Waals surface area contributed by atoms with Crippen LogP contribution in [0.25, 0.3) is 0 Å². The number of isocyanates is 6. The van der Waals surface area contributed by atoms with Gasteiger partial charge in [0.2, 0.25) is 36.5 Å². The normalized spacial score (nSPS) is 20.4. The Bertz CT molecular complexity index is 831. The monoisotopic (exact) mass is 446 g/mol. The van der Waals surface area contributed by atoms with Crippen LogP contribution in [0.2, 0.25) is 0 Å². The molecular weight excluding hydrogens is 420 g/mol. The van der Waals surface area contributed by atoms with Crippen molar-refractivity contribution in [2.75, 3.05) is 19.6 Å². The van der Waals surface area contributed by atoms with Crippen LogP contribution >= 0.6 is 0 Å². The zero-order valence-electron chi connectivity index (χ0n) is 18.5. The Kier molecular flexibility index (Phi) is 17.2. The van der Waals surface area contributed by atoms with Crippen molar-refractivity contribution in [3.63, 3.8) is 0 Å². The molecule has 12 heteroatoms. The molecule has 0 spiro atoms. The largest absolute Gasteiger partial charge is 0.237 e. The first kappa shape index (κ1) is 30.5. The molecule has 0 aliphatic heterocycles. The van der Waals surface area contributed by atoms with Crippen LogP contribution < -0.4 is 0 Å². The summed E-state index contributed by atoms with van der Waals surface area (Å²) in [6, 6.07) is 0.00750. The van der Waals surface area contributed by atoms with Gasteiger partial charge in [-0.05, 0) is 37.0 Å². The van der Waals surface area contributed by atoms with E-state index < -0.39 is 6.17 Å². The van der Waals surface area contributed by atoms with Crippen molar-refractivity contribution in [3.05, 3.63) is 0 Å². The second-order valence-electron chi connectivity index (χ2n) is 7.86. The number of hydrogen-bond acceptors (Lipinski definition) is 12. The molecule has 0 aromatic rings. The Morgan fingerprint density at radius 3 is 1.66 bits per heavy atom. The Hall–Kier alpha value is -3.72. The van der Waals surface area contributed by atoms with E-state index in [1.807, 2.05) is 0 Å². The van der Waals surface area contributed by atoms with Crippen LogP contribution in [0.5, 0.6) is 0 Å². The van der Waals surface area contributed by atoms with Gasteiger partial charge in [-0.15, -0.1) is 0 Å². The van der Waals surface area contributed by atoms with Crippen LogP contribution in [0.1, 0.15) is 47.0 Å². The highest BCUT2D eigenvalue weighted by atomic mass is 16.1. The number of aliphatic imine (C=N–C) groups is 6. The predicted molar refractivity (Wildman–Crippen MR) is 112 cm³/mol. The zero-order chi connectivity index (χ0) is 24.9. The Balaban J connectivity index is 0. The summed E-state index contributed by atoms with van der Waals surface area (Å²) in [6.45, 7) is 8.78. The fourth-order valence-corrected chi connectivity index (χ4v) is 3.46. The van der Waals surface area contributed by atoms with Crippen molar-refractivity contribution in [2.24, 2.45) is 40.8 Å². The topological polar surface area (TPSA) is 177 Å². The third-order valence-corrected chi connectivity index (χ3v) is 4.11. The summed E-state index contributed by atoms with van der Waals surface area (Å²) in [7, 11) is 0. The van der Waals surface area contributed by atoms with E-state index in [0.29, 0.717) is 6.54 Å². The maximum Gasteiger partial charge on any atom is 0.237 e. The number of carbonyl (C=O) groups excluding carboxylic acids is 6. The summed E-state index contributed by atoms with van der Waals surface area (Å²) in [5.74, 6) is 0. The smallest absolute Gasteiger partial charge is 0.211 e. The zero-order valence-corrected chi connectivity index (χ0v) is 18.5. The average Bonchev–Trinajstić information content (AvgIpc) is 2.70. The van der Waals surface area contributed by atoms with Gasteiger partial charge < -0.3 is 0 Å². The molecule has 1 aliphatic carbocycles. The molecule has 0 N–H and O–H groups in total. The highest BCUT2D eigenvalue weighted by Gasteiger charge is 2.41. The minimum Gasteiger partial charge on any atom is -0.211 e. The standard InChI is InChI=1S/C12H18N2O2.2C4H4N2O2/c1-11(2)4-10(14-9-16)5-12(3,6-11)7-13-8-15;1-4(5-2-7)6-3-8;7-3-5-1-2-6-4-8/h10H,4-7H2,1-3H3;4H,1H3;1-2H2. The van der Waals surface area contributed by atoms with Crippen LogP contribution in [0.3, 0.4) is 0 Å². The predicted octanol–water partition coefficient (Wildman–Crippen LogP) is 1.91. The Morgan fingerprint density at radius 1 is 0.750 bits per heavy atom. The summed E-state index contributed by atoms with van der Waals surface area (Å²) in [5, 5.41) is 0. The van der Waals surface area contributed by atoms with Gasteiger partial charge >= 0.3 is 0 Å². The van der Waals surface area contributed by atoms with Crippen molar-refractivity contribution in [3.8, 4) is 0 Å². The van der Waals surface area contributed by atoms with Crippen LogP contribution in [0.15, 0.2) is 30.0 Å². The average molecular weight is 446 g/mol. The van der Waals surface area contributed by atoms with Crippen LogP contribution in [0.4, 0.5) is 0 Å². The Morgan fingerprint density at radius 2 is 1.25 bits per heavy atom. The van der Waals surface area contributed by atoms with E-state index in [1.54, 1.807) is 12.2 Å². The molecule has 2 atom stereocenters. The van der Waals surface area contributed by atoms with E-state index in [-0.39, 0.29) is 30.0 Å². The van der Waals surface area contributed by atoms with Gasteiger partial charge in [0.05, 0.1) is 25.7 Å². The lowest BCUT2D eigenvalue weighted by molar-refractivity contribution is 0.0915. The van der Waals surface area contributed by atoms with Gasteiger partial charge in [-0.1, -0.05) is 20.8 Å². The molecule has 0 amide bonds. The summed E-state index contributed by atoms with van der Waals surface area (Å²) in [4.78, 5) is 77.9.